The molecule has 2 amide bonds. The van der Waals surface area contributed by atoms with E-state index in [2.05, 4.69) is 16.7 Å². The van der Waals surface area contributed by atoms with E-state index in [1.165, 1.54) is 5.56 Å². The number of benzene rings is 2. The number of hydrogen-bond acceptors (Lipinski definition) is 3. The lowest BCUT2D eigenvalue weighted by molar-refractivity contribution is 0.259. The van der Waals surface area contributed by atoms with Gasteiger partial charge in [-0.2, -0.15) is 0 Å². The lowest BCUT2D eigenvalue weighted by atomic mass is 10.1. The van der Waals surface area contributed by atoms with Crippen LogP contribution in [0, 0.1) is 6.92 Å². The summed E-state index contributed by atoms with van der Waals surface area (Å²) in [5.41, 5.74) is 8.99. The van der Waals surface area contributed by atoms with Gasteiger partial charge >= 0.3 is 6.03 Å². The monoisotopic (exact) mass is 285 g/mol. The number of methoxy groups -OCH3 is 1. The van der Waals surface area contributed by atoms with E-state index >= 15 is 0 Å². The van der Waals surface area contributed by atoms with E-state index in [1.807, 2.05) is 31.2 Å². The molecular formula is C16H19N3O2. The summed E-state index contributed by atoms with van der Waals surface area (Å²) in [7, 11) is 1.67. The van der Waals surface area contributed by atoms with Gasteiger partial charge in [0, 0.05) is 17.9 Å². The molecule has 0 aromatic heterocycles. The van der Waals surface area contributed by atoms with Crippen molar-refractivity contribution in [2.75, 3.05) is 17.7 Å². The first kappa shape index (κ1) is 14.7. The average molecular weight is 285 g/mol. The normalized spacial score (nSPS) is 10.0. The fourth-order valence-electron chi connectivity index (χ4n) is 2.07. The van der Waals surface area contributed by atoms with E-state index in [1.54, 1.807) is 19.2 Å². The molecule has 0 spiro atoms. The molecule has 21 heavy (non-hydrogen) atoms. The van der Waals surface area contributed by atoms with Gasteiger partial charge in [-0.15, -0.1) is 0 Å². The van der Waals surface area contributed by atoms with Gasteiger partial charge in [-0.1, -0.05) is 12.1 Å². The number of rotatable bonds is 5. The predicted molar refractivity (Wildman–Crippen MR) is 84.7 cm³/mol. The van der Waals surface area contributed by atoms with Gasteiger partial charge in [-0.05, 0) is 48.4 Å². The molecule has 0 saturated carbocycles. The van der Waals surface area contributed by atoms with E-state index in [0.29, 0.717) is 12.2 Å². The van der Waals surface area contributed by atoms with E-state index < -0.39 is 6.03 Å². The Morgan fingerprint density at radius 1 is 1.14 bits per heavy atom. The van der Waals surface area contributed by atoms with Gasteiger partial charge in [-0.25, -0.2) is 4.79 Å². The van der Waals surface area contributed by atoms with Crippen molar-refractivity contribution in [2.45, 2.75) is 13.5 Å². The number of hydrogen-bond donors (Lipinski definition) is 3. The molecule has 0 aliphatic rings. The van der Waals surface area contributed by atoms with Crippen LogP contribution in [0.5, 0.6) is 5.75 Å². The number of anilines is 2. The van der Waals surface area contributed by atoms with Crippen LogP contribution in [0.4, 0.5) is 16.2 Å². The van der Waals surface area contributed by atoms with Gasteiger partial charge in [0.1, 0.15) is 5.75 Å². The lowest BCUT2D eigenvalue weighted by Gasteiger charge is -2.10. The molecule has 4 N–H and O–H groups in total. The Morgan fingerprint density at radius 2 is 1.81 bits per heavy atom. The first-order chi connectivity index (χ1) is 10.1. The van der Waals surface area contributed by atoms with E-state index in [9.17, 15) is 4.79 Å². The van der Waals surface area contributed by atoms with Gasteiger partial charge < -0.3 is 21.1 Å². The van der Waals surface area contributed by atoms with Crippen LogP contribution in [0.2, 0.25) is 0 Å². The summed E-state index contributed by atoms with van der Waals surface area (Å²) in [4.78, 5) is 10.7. The van der Waals surface area contributed by atoms with Crippen LogP contribution in [0.25, 0.3) is 0 Å². The maximum absolute atomic E-state index is 10.7. The third-order valence-corrected chi connectivity index (χ3v) is 3.11. The van der Waals surface area contributed by atoms with Crippen LogP contribution in [0.1, 0.15) is 11.1 Å². The predicted octanol–water partition coefficient (Wildman–Crippen LogP) is 3.11. The number of nitrogens with two attached hydrogens (primary N) is 1. The van der Waals surface area contributed by atoms with Gasteiger partial charge in [0.2, 0.25) is 0 Å². The fourth-order valence-corrected chi connectivity index (χ4v) is 2.07. The zero-order valence-electron chi connectivity index (χ0n) is 12.1. The van der Waals surface area contributed by atoms with Crippen molar-refractivity contribution < 1.29 is 9.53 Å². The Kier molecular flexibility index (Phi) is 4.66. The summed E-state index contributed by atoms with van der Waals surface area (Å²) in [6, 6.07) is 12.9. The molecule has 0 aliphatic carbocycles. The van der Waals surface area contributed by atoms with Crippen molar-refractivity contribution in [1.29, 1.82) is 0 Å². The van der Waals surface area contributed by atoms with Crippen molar-refractivity contribution in [3.63, 3.8) is 0 Å². The van der Waals surface area contributed by atoms with Crippen LogP contribution in [0.3, 0.4) is 0 Å². The number of carbonyl (C=O) groups is 1. The number of urea groups is 1. The second-order valence-electron chi connectivity index (χ2n) is 4.72. The number of carbonyl (C=O) groups excluding carboxylic acids is 1. The summed E-state index contributed by atoms with van der Waals surface area (Å²) < 4.78 is 5.24. The molecule has 2 aromatic carbocycles. The van der Waals surface area contributed by atoms with Crippen molar-refractivity contribution >= 4 is 17.4 Å². The maximum atomic E-state index is 10.7. The van der Waals surface area contributed by atoms with Crippen molar-refractivity contribution in [3.05, 3.63) is 53.6 Å². The molecular weight excluding hydrogens is 266 g/mol. The maximum Gasteiger partial charge on any atom is 0.316 e. The van der Waals surface area contributed by atoms with Gasteiger partial charge in [0.15, 0.2) is 0 Å². The molecule has 0 heterocycles. The second-order valence-corrected chi connectivity index (χ2v) is 4.72. The minimum Gasteiger partial charge on any atom is -0.496 e. The molecule has 110 valence electrons. The second kappa shape index (κ2) is 6.65. The quantitative estimate of drug-likeness (QED) is 0.790. The Morgan fingerprint density at radius 3 is 2.38 bits per heavy atom. The van der Waals surface area contributed by atoms with Crippen LogP contribution >= 0.6 is 0 Å². The molecule has 0 bridgehead atoms. The third kappa shape index (κ3) is 4.14. The summed E-state index contributed by atoms with van der Waals surface area (Å²) in [6.07, 6.45) is 0. The summed E-state index contributed by atoms with van der Waals surface area (Å²) in [5, 5.41) is 5.84. The highest BCUT2D eigenvalue weighted by Crippen LogP contribution is 2.20. The van der Waals surface area contributed by atoms with Crippen LogP contribution in [-0.4, -0.2) is 13.1 Å². The molecule has 0 radical (unpaired) electrons. The van der Waals surface area contributed by atoms with E-state index in [0.717, 1.165) is 17.0 Å². The molecule has 5 heteroatoms. The van der Waals surface area contributed by atoms with Crippen LogP contribution in [-0.2, 0) is 6.54 Å². The van der Waals surface area contributed by atoms with Gasteiger partial charge in [-0.3, -0.25) is 0 Å². The van der Waals surface area contributed by atoms with Crippen molar-refractivity contribution in [3.8, 4) is 5.75 Å². The molecule has 0 atom stereocenters. The first-order valence-corrected chi connectivity index (χ1v) is 6.62. The highest BCUT2D eigenvalue weighted by Gasteiger charge is 2.01. The van der Waals surface area contributed by atoms with Crippen molar-refractivity contribution in [2.24, 2.45) is 5.73 Å². The highest BCUT2D eigenvalue weighted by atomic mass is 16.5. The molecule has 0 aliphatic heterocycles. The minimum absolute atomic E-state index is 0.565. The van der Waals surface area contributed by atoms with Gasteiger partial charge in [0.25, 0.3) is 0 Å². The summed E-state index contributed by atoms with van der Waals surface area (Å²) in [6.45, 7) is 2.74. The van der Waals surface area contributed by atoms with Gasteiger partial charge in [0.05, 0.1) is 7.11 Å². The fraction of sp³-hybridized carbons (Fsp3) is 0.188. The third-order valence-electron chi connectivity index (χ3n) is 3.11. The standard InChI is InChI=1S/C16H19N3O2/c1-11-9-12(3-8-15(11)21-2)10-18-13-4-6-14(7-5-13)19-16(17)20/h3-9,18H,10H2,1-2H3,(H3,17,19,20). The highest BCUT2D eigenvalue weighted by molar-refractivity contribution is 5.87. The Labute approximate surface area is 124 Å². The Bertz CT molecular complexity index is 624. The molecule has 5 nitrogen and oxygen atoms in total. The summed E-state index contributed by atoms with van der Waals surface area (Å²) >= 11 is 0. The molecule has 0 unspecified atom stereocenters. The van der Waals surface area contributed by atoms with Crippen LogP contribution in [0.15, 0.2) is 42.5 Å². The molecule has 0 saturated heterocycles. The topological polar surface area (TPSA) is 76.4 Å². The zero-order chi connectivity index (χ0) is 15.2. The van der Waals surface area contributed by atoms with E-state index in [4.69, 9.17) is 10.5 Å². The minimum atomic E-state index is -0.565. The van der Waals surface area contributed by atoms with Crippen molar-refractivity contribution in [1.82, 2.24) is 0 Å². The zero-order valence-corrected chi connectivity index (χ0v) is 12.1. The molecule has 2 rings (SSSR count). The smallest absolute Gasteiger partial charge is 0.316 e. The first-order valence-electron chi connectivity index (χ1n) is 6.62. The lowest BCUT2D eigenvalue weighted by Crippen LogP contribution is -2.19. The SMILES string of the molecule is COc1ccc(CNc2ccc(NC(N)=O)cc2)cc1C. The summed E-state index contributed by atoms with van der Waals surface area (Å²) in [5.74, 6) is 0.889. The van der Waals surface area contributed by atoms with E-state index in [-0.39, 0.29) is 0 Å². The number of nitrogens with one attached hydrogen (secondary N) is 2. The van der Waals surface area contributed by atoms with Crippen LogP contribution < -0.4 is 21.1 Å². The number of primary amides is 1. The largest absolute Gasteiger partial charge is 0.496 e. The average Bonchev–Trinajstić information content (AvgIpc) is 2.46. The number of ether oxygens (including phenoxy) is 1. The molecule has 0 fully saturated rings. The molecule has 2 aromatic rings. The Hall–Kier alpha value is -2.69. The number of aryl methyl sites for hydroxylation is 1. The number of amides is 2. The Balaban J connectivity index is 1.96.